The Labute approximate surface area is 205 Å². The standard InChI is InChI=1S/C26H29F6NO3/c1-24(23(34)35)10-12-33(13-11-24)15-16-2-8-20-17(14-16)3-9-21(22(20)26(30,31)32)36-19-6-4-18(5-7-19)25(27,28)29/h2-3,8-9,14,18-19H,4-7,10-13,15H2,1H3,(H,34,35). The molecule has 4 nitrogen and oxygen atoms in total. The smallest absolute Gasteiger partial charge is 0.420 e. The summed E-state index contributed by atoms with van der Waals surface area (Å²) in [5.41, 5.74) is -0.863. The van der Waals surface area contributed by atoms with Crippen LogP contribution in [-0.4, -0.2) is 41.3 Å². The maximum absolute atomic E-state index is 14.1. The van der Waals surface area contributed by atoms with Crippen molar-refractivity contribution in [1.82, 2.24) is 4.90 Å². The second-order valence-corrected chi connectivity index (χ2v) is 10.3. The number of alkyl halides is 6. The molecule has 1 aliphatic carbocycles. The second kappa shape index (κ2) is 9.76. The van der Waals surface area contributed by atoms with Crippen LogP contribution in [0.25, 0.3) is 10.8 Å². The van der Waals surface area contributed by atoms with E-state index < -0.39 is 41.3 Å². The number of ether oxygens (including phenoxy) is 1. The molecule has 0 amide bonds. The Morgan fingerprint density at radius 3 is 2.22 bits per heavy atom. The topological polar surface area (TPSA) is 49.8 Å². The van der Waals surface area contributed by atoms with Gasteiger partial charge in [0.25, 0.3) is 0 Å². The van der Waals surface area contributed by atoms with Gasteiger partial charge in [-0.3, -0.25) is 9.69 Å². The van der Waals surface area contributed by atoms with Crippen LogP contribution >= 0.6 is 0 Å². The number of hydrogen-bond donors (Lipinski definition) is 1. The number of carbonyl (C=O) groups is 1. The summed E-state index contributed by atoms with van der Waals surface area (Å²) in [6.07, 6.45) is -8.91. The largest absolute Gasteiger partial charge is 0.490 e. The van der Waals surface area contributed by atoms with E-state index in [1.54, 1.807) is 25.1 Å². The minimum atomic E-state index is -4.70. The molecule has 10 heteroatoms. The maximum atomic E-state index is 14.1. The average Bonchev–Trinajstić information content (AvgIpc) is 2.79. The van der Waals surface area contributed by atoms with Gasteiger partial charge in [0.05, 0.1) is 17.4 Å². The number of aliphatic carboxylic acids is 1. The van der Waals surface area contributed by atoms with Gasteiger partial charge in [0.2, 0.25) is 0 Å². The van der Waals surface area contributed by atoms with Crippen molar-refractivity contribution in [3.8, 4) is 5.75 Å². The molecule has 2 aliphatic rings. The summed E-state index contributed by atoms with van der Waals surface area (Å²) in [4.78, 5) is 13.5. The highest BCUT2D eigenvalue weighted by atomic mass is 19.4. The molecule has 1 saturated heterocycles. The van der Waals surface area contributed by atoms with Crippen molar-refractivity contribution in [3.63, 3.8) is 0 Å². The Bertz CT molecular complexity index is 1100. The van der Waals surface area contributed by atoms with Crippen molar-refractivity contribution in [1.29, 1.82) is 0 Å². The average molecular weight is 518 g/mol. The predicted molar refractivity (Wildman–Crippen MR) is 122 cm³/mol. The van der Waals surface area contributed by atoms with Gasteiger partial charge in [-0.05, 0) is 87.0 Å². The van der Waals surface area contributed by atoms with Gasteiger partial charge in [0.1, 0.15) is 11.3 Å². The van der Waals surface area contributed by atoms with Crippen LogP contribution in [0, 0.1) is 11.3 Å². The van der Waals surface area contributed by atoms with E-state index in [0.29, 0.717) is 37.9 Å². The van der Waals surface area contributed by atoms with Crippen molar-refractivity contribution in [2.75, 3.05) is 13.1 Å². The molecule has 2 aromatic rings. The van der Waals surface area contributed by atoms with Crippen LogP contribution in [0.1, 0.15) is 56.6 Å². The van der Waals surface area contributed by atoms with E-state index in [-0.39, 0.29) is 36.8 Å². The number of rotatable bonds is 5. The monoisotopic (exact) mass is 517 g/mol. The Balaban J connectivity index is 1.51. The molecule has 0 spiro atoms. The van der Waals surface area contributed by atoms with E-state index in [1.807, 2.05) is 0 Å². The SMILES string of the molecule is CC1(C(=O)O)CCN(Cc2ccc3c(C(F)(F)F)c(OC4CCC(C(F)(F)F)CC4)ccc3c2)CC1. The lowest BCUT2D eigenvalue weighted by atomic mass is 9.80. The molecule has 1 saturated carbocycles. The zero-order chi connectivity index (χ0) is 26.3. The van der Waals surface area contributed by atoms with Gasteiger partial charge in [-0.15, -0.1) is 0 Å². The minimum Gasteiger partial charge on any atom is -0.490 e. The summed E-state index contributed by atoms with van der Waals surface area (Å²) in [7, 11) is 0. The van der Waals surface area contributed by atoms with Crippen molar-refractivity contribution in [3.05, 3.63) is 41.5 Å². The van der Waals surface area contributed by atoms with Gasteiger partial charge >= 0.3 is 18.3 Å². The number of piperidine rings is 1. The molecular weight excluding hydrogens is 488 g/mol. The minimum absolute atomic E-state index is 0.0233. The number of likely N-dealkylation sites (tertiary alicyclic amines) is 1. The number of carboxylic acids is 1. The highest BCUT2D eigenvalue weighted by Crippen LogP contribution is 2.44. The molecule has 36 heavy (non-hydrogen) atoms. The van der Waals surface area contributed by atoms with Crippen LogP contribution in [0.4, 0.5) is 26.3 Å². The van der Waals surface area contributed by atoms with E-state index in [2.05, 4.69) is 4.90 Å². The van der Waals surface area contributed by atoms with E-state index in [9.17, 15) is 36.2 Å². The van der Waals surface area contributed by atoms with Crippen LogP contribution < -0.4 is 4.74 Å². The van der Waals surface area contributed by atoms with Gasteiger partial charge in [0, 0.05) is 6.54 Å². The number of nitrogens with zero attached hydrogens (tertiary/aromatic N) is 1. The fourth-order valence-corrected chi connectivity index (χ4v) is 5.21. The van der Waals surface area contributed by atoms with Gasteiger partial charge in [-0.25, -0.2) is 0 Å². The number of benzene rings is 2. The molecule has 1 heterocycles. The molecule has 1 aliphatic heterocycles. The molecule has 4 rings (SSSR count). The summed E-state index contributed by atoms with van der Waals surface area (Å²) in [6.45, 7) is 3.38. The molecule has 0 radical (unpaired) electrons. The third-order valence-corrected chi connectivity index (χ3v) is 7.64. The van der Waals surface area contributed by atoms with Crippen LogP contribution in [0.3, 0.4) is 0 Å². The van der Waals surface area contributed by atoms with Gasteiger partial charge in [-0.1, -0.05) is 18.2 Å². The van der Waals surface area contributed by atoms with Crippen molar-refractivity contribution >= 4 is 16.7 Å². The fourth-order valence-electron chi connectivity index (χ4n) is 5.21. The molecule has 0 bridgehead atoms. The predicted octanol–water partition coefficient (Wildman–Crippen LogP) is 7.05. The molecule has 2 fully saturated rings. The molecule has 0 unspecified atom stereocenters. The third-order valence-electron chi connectivity index (χ3n) is 7.64. The van der Waals surface area contributed by atoms with Gasteiger partial charge in [0.15, 0.2) is 0 Å². The Kier molecular flexibility index (Phi) is 7.20. The first-order valence-electron chi connectivity index (χ1n) is 12.1. The molecule has 1 N–H and O–H groups in total. The van der Waals surface area contributed by atoms with Crippen molar-refractivity contribution in [2.24, 2.45) is 11.3 Å². The second-order valence-electron chi connectivity index (χ2n) is 10.3. The lowest BCUT2D eigenvalue weighted by Crippen LogP contribution is -2.42. The first-order valence-corrected chi connectivity index (χ1v) is 12.1. The van der Waals surface area contributed by atoms with Crippen molar-refractivity contribution < 1.29 is 41.0 Å². The van der Waals surface area contributed by atoms with Gasteiger partial charge in [-0.2, -0.15) is 26.3 Å². The highest BCUT2D eigenvalue weighted by Gasteiger charge is 2.43. The quantitative estimate of drug-likeness (QED) is 0.432. The molecule has 0 atom stereocenters. The van der Waals surface area contributed by atoms with E-state index in [1.165, 1.54) is 12.1 Å². The number of halogens is 6. The zero-order valence-electron chi connectivity index (χ0n) is 19.9. The molecule has 0 aromatic heterocycles. The first-order chi connectivity index (χ1) is 16.8. The summed E-state index contributed by atoms with van der Waals surface area (Å²) in [5.74, 6) is -2.62. The summed E-state index contributed by atoms with van der Waals surface area (Å²) < 4.78 is 86.6. The van der Waals surface area contributed by atoms with Crippen LogP contribution in [0.5, 0.6) is 5.75 Å². The van der Waals surface area contributed by atoms with E-state index >= 15 is 0 Å². The van der Waals surface area contributed by atoms with E-state index in [4.69, 9.17) is 4.74 Å². The lowest BCUT2D eigenvalue weighted by Gasteiger charge is -2.36. The maximum Gasteiger partial charge on any atom is 0.420 e. The number of carboxylic acid groups (broad SMARTS) is 1. The van der Waals surface area contributed by atoms with Gasteiger partial charge < -0.3 is 9.84 Å². The summed E-state index contributed by atoms with van der Waals surface area (Å²) >= 11 is 0. The summed E-state index contributed by atoms with van der Waals surface area (Å²) in [6, 6.07) is 7.52. The fraction of sp³-hybridized carbons (Fsp3) is 0.577. The Hall–Kier alpha value is -2.49. The normalized spacial score (nSPS) is 23.5. The highest BCUT2D eigenvalue weighted by molar-refractivity contribution is 5.89. The molecule has 198 valence electrons. The zero-order valence-corrected chi connectivity index (χ0v) is 19.9. The lowest BCUT2D eigenvalue weighted by molar-refractivity contribution is -0.185. The third kappa shape index (κ3) is 5.74. The van der Waals surface area contributed by atoms with Crippen molar-refractivity contribution in [2.45, 2.75) is 70.4 Å². The molecule has 2 aromatic carbocycles. The number of hydrogen-bond acceptors (Lipinski definition) is 3. The first kappa shape index (κ1) is 26.6. The Morgan fingerprint density at radius 1 is 1.03 bits per heavy atom. The Morgan fingerprint density at radius 2 is 1.67 bits per heavy atom. The number of fused-ring (bicyclic) bond motifs is 1. The van der Waals surface area contributed by atoms with Crippen LogP contribution in [0.2, 0.25) is 0 Å². The van der Waals surface area contributed by atoms with Crippen LogP contribution in [-0.2, 0) is 17.5 Å². The van der Waals surface area contributed by atoms with E-state index in [0.717, 1.165) is 5.56 Å². The molecular formula is C26H29F6NO3. The summed E-state index contributed by atoms with van der Waals surface area (Å²) in [5, 5.41) is 9.75. The van der Waals surface area contributed by atoms with Crippen LogP contribution in [0.15, 0.2) is 30.3 Å².